The lowest BCUT2D eigenvalue weighted by molar-refractivity contribution is 0.629. The summed E-state index contributed by atoms with van der Waals surface area (Å²) in [4.78, 5) is 1.28. The number of benzene rings is 1. The van der Waals surface area contributed by atoms with Crippen molar-refractivity contribution in [3.8, 4) is 0 Å². The van der Waals surface area contributed by atoms with Gasteiger partial charge in [0.05, 0.1) is 6.54 Å². The molecule has 0 fully saturated rings. The quantitative estimate of drug-likeness (QED) is 0.649. The summed E-state index contributed by atoms with van der Waals surface area (Å²) in [5.41, 5.74) is 1.07. The number of hydrogen-bond acceptors (Lipinski definition) is 1. The molecule has 0 unspecified atom stereocenters. The molecule has 0 aliphatic heterocycles. The van der Waals surface area contributed by atoms with Gasteiger partial charge >= 0.3 is 0 Å². The molecule has 17 heavy (non-hydrogen) atoms. The lowest BCUT2D eigenvalue weighted by atomic mass is 10.2. The summed E-state index contributed by atoms with van der Waals surface area (Å²) < 4.78 is 16.3. The van der Waals surface area contributed by atoms with E-state index < -0.39 is 0 Å². The van der Waals surface area contributed by atoms with Crippen molar-refractivity contribution in [2.45, 2.75) is 6.54 Å². The molecule has 0 amide bonds. The van der Waals surface area contributed by atoms with E-state index in [4.69, 9.17) is 0 Å². The van der Waals surface area contributed by atoms with Gasteiger partial charge in [0.2, 0.25) is 0 Å². The number of thiophene rings is 1. The standard InChI is InChI=1S/C13H9BrFNS/c14-10-6-12(17-8-10)7-16-4-3-9-5-11(15)1-2-13(9)16/h1-6,8H,7H2. The predicted molar refractivity (Wildman–Crippen MR) is 73.0 cm³/mol. The van der Waals surface area contributed by atoms with Gasteiger partial charge in [0.15, 0.2) is 0 Å². The second kappa shape index (κ2) is 4.27. The van der Waals surface area contributed by atoms with E-state index in [-0.39, 0.29) is 5.82 Å². The van der Waals surface area contributed by atoms with E-state index in [1.807, 2.05) is 18.3 Å². The van der Waals surface area contributed by atoms with Crippen LogP contribution in [0.1, 0.15) is 4.88 Å². The molecular weight excluding hydrogens is 301 g/mol. The molecule has 2 heterocycles. The minimum Gasteiger partial charge on any atom is -0.342 e. The van der Waals surface area contributed by atoms with Crippen LogP contribution in [0, 0.1) is 5.82 Å². The molecule has 2 aromatic heterocycles. The maximum Gasteiger partial charge on any atom is 0.123 e. The molecule has 0 saturated heterocycles. The van der Waals surface area contributed by atoms with E-state index in [1.165, 1.54) is 10.9 Å². The molecule has 0 saturated carbocycles. The van der Waals surface area contributed by atoms with Crippen molar-refractivity contribution >= 4 is 38.2 Å². The van der Waals surface area contributed by atoms with Gasteiger partial charge in [-0.15, -0.1) is 11.3 Å². The van der Waals surface area contributed by atoms with Crippen LogP contribution >= 0.6 is 27.3 Å². The van der Waals surface area contributed by atoms with Crippen molar-refractivity contribution in [2.75, 3.05) is 0 Å². The number of halogens is 2. The zero-order valence-corrected chi connectivity index (χ0v) is 11.3. The van der Waals surface area contributed by atoms with Crippen LogP contribution in [0.3, 0.4) is 0 Å². The van der Waals surface area contributed by atoms with Crippen LogP contribution < -0.4 is 0 Å². The van der Waals surface area contributed by atoms with Gasteiger partial charge in [-0.25, -0.2) is 4.39 Å². The van der Waals surface area contributed by atoms with Crippen LogP contribution in [0.25, 0.3) is 10.9 Å². The molecule has 1 nitrogen and oxygen atoms in total. The number of fused-ring (bicyclic) bond motifs is 1. The van der Waals surface area contributed by atoms with Crippen LogP contribution in [0.4, 0.5) is 4.39 Å². The normalized spacial score (nSPS) is 11.2. The fraction of sp³-hybridized carbons (Fsp3) is 0.0769. The highest BCUT2D eigenvalue weighted by Crippen LogP contribution is 2.23. The number of rotatable bonds is 2. The third-order valence-electron chi connectivity index (χ3n) is 2.68. The number of nitrogens with zero attached hydrogens (tertiary/aromatic N) is 1. The number of aromatic nitrogens is 1. The minimum atomic E-state index is -0.186. The van der Waals surface area contributed by atoms with E-state index in [1.54, 1.807) is 17.4 Å². The highest BCUT2D eigenvalue weighted by molar-refractivity contribution is 9.10. The minimum absolute atomic E-state index is 0.186. The van der Waals surface area contributed by atoms with Crippen molar-refractivity contribution in [2.24, 2.45) is 0 Å². The molecule has 0 radical (unpaired) electrons. The molecule has 3 aromatic rings. The maximum atomic E-state index is 13.1. The first-order valence-electron chi connectivity index (χ1n) is 5.20. The van der Waals surface area contributed by atoms with Gasteiger partial charge in [0.25, 0.3) is 0 Å². The Morgan fingerprint density at radius 1 is 1.24 bits per heavy atom. The molecule has 0 bridgehead atoms. The number of hydrogen-bond donors (Lipinski definition) is 0. The van der Waals surface area contributed by atoms with Gasteiger partial charge in [-0.2, -0.15) is 0 Å². The Bertz CT molecular complexity index is 671. The summed E-state index contributed by atoms with van der Waals surface area (Å²) in [7, 11) is 0. The fourth-order valence-corrected chi connectivity index (χ4v) is 3.36. The second-order valence-corrected chi connectivity index (χ2v) is 5.79. The van der Waals surface area contributed by atoms with Crippen LogP contribution in [0.5, 0.6) is 0 Å². The molecule has 86 valence electrons. The van der Waals surface area contributed by atoms with E-state index in [9.17, 15) is 4.39 Å². The highest BCUT2D eigenvalue weighted by Gasteiger charge is 2.04. The Balaban J connectivity index is 2.00. The average Bonchev–Trinajstić information content (AvgIpc) is 2.86. The Morgan fingerprint density at radius 2 is 2.12 bits per heavy atom. The zero-order valence-electron chi connectivity index (χ0n) is 8.86. The predicted octanol–water partition coefficient (Wildman–Crippen LogP) is 4.65. The van der Waals surface area contributed by atoms with Gasteiger partial charge in [0.1, 0.15) is 5.82 Å². The smallest absolute Gasteiger partial charge is 0.123 e. The van der Waals surface area contributed by atoms with E-state index >= 15 is 0 Å². The largest absolute Gasteiger partial charge is 0.342 e. The summed E-state index contributed by atoms with van der Waals surface area (Å²) in [5.74, 6) is -0.186. The Labute approximate surface area is 111 Å². The van der Waals surface area contributed by atoms with Gasteiger partial charge in [0, 0.05) is 31.8 Å². The third kappa shape index (κ3) is 2.15. The monoisotopic (exact) mass is 309 g/mol. The first-order chi connectivity index (χ1) is 8.22. The van der Waals surface area contributed by atoms with Gasteiger partial charge in [-0.1, -0.05) is 0 Å². The first kappa shape index (κ1) is 11.0. The lowest BCUT2D eigenvalue weighted by Gasteiger charge is -2.03. The van der Waals surface area contributed by atoms with Gasteiger partial charge < -0.3 is 4.57 Å². The summed E-state index contributed by atoms with van der Waals surface area (Å²) in [6.45, 7) is 0.825. The Kier molecular flexibility index (Phi) is 2.76. The third-order valence-corrected chi connectivity index (χ3v) is 4.36. The molecule has 3 rings (SSSR count). The van der Waals surface area contributed by atoms with Crippen molar-refractivity contribution in [1.29, 1.82) is 0 Å². The summed E-state index contributed by atoms with van der Waals surface area (Å²) >= 11 is 5.16. The van der Waals surface area contributed by atoms with Gasteiger partial charge in [-0.05, 0) is 46.3 Å². The van der Waals surface area contributed by atoms with Crippen molar-refractivity contribution in [3.63, 3.8) is 0 Å². The van der Waals surface area contributed by atoms with Crippen LogP contribution in [0.15, 0.2) is 46.4 Å². The molecule has 4 heteroatoms. The Hall–Kier alpha value is -1.13. The molecule has 0 aliphatic rings. The molecule has 0 spiro atoms. The van der Waals surface area contributed by atoms with Crippen LogP contribution in [-0.4, -0.2) is 4.57 Å². The van der Waals surface area contributed by atoms with E-state index in [0.717, 1.165) is 21.9 Å². The van der Waals surface area contributed by atoms with Crippen molar-refractivity contribution in [1.82, 2.24) is 4.57 Å². The average molecular weight is 310 g/mol. The van der Waals surface area contributed by atoms with Crippen LogP contribution in [-0.2, 0) is 6.54 Å². The lowest BCUT2D eigenvalue weighted by Crippen LogP contribution is -1.95. The zero-order chi connectivity index (χ0) is 11.8. The van der Waals surface area contributed by atoms with E-state index in [0.29, 0.717) is 0 Å². The maximum absolute atomic E-state index is 13.1. The SMILES string of the molecule is Fc1ccc2c(ccn2Cc2cc(Br)cs2)c1. The molecule has 0 N–H and O–H groups in total. The van der Waals surface area contributed by atoms with Crippen LogP contribution in [0.2, 0.25) is 0 Å². The van der Waals surface area contributed by atoms with Crippen molar-refractivity contribution in [3.05, 3.63) is 57.1 Å². The topological polar surface area (TPSA) is 4.93 Å². The van der Waals surface area contributed by atoms with Gasteiger partial charge in [-0.3, -0.25) is 0 Å². The van der Waals surface area contributed by atoms with E-state index in [2.05, 4.69) is 31.9 Å². The summed E-state index contributed by atoms with van der Waals surface area (Å²) in [5, 5.41) is 3.02. The Morgan fingerprint density at radius 3 is 2.88 bits per heavy atom. The summed E-state index contributed by atoms with van der Waals surface area (Å²) in [6, 6.07) is 8.95. The second-order valence-electron chi connectivity index (χ2n) is 3.88. The molecule has 0 atom stereocenters. The molecule has 0 aliphatic carbocycles. The molecular formula is C13H9BrFNS. The highest BCUT2D eigenvalue weighted by atomic mass is 79.9. The first-order valence-corrected chi connectivity index (χ1v) is 6.87. The van der Waals surface area contributed by atoms with Crippen molar-refractivity contribution < 1.29 is 4.39 Å². The molecule has 1 aromatic carbocycles. The summed E-state index contributed by atoms with van der Waals surface area (Å²) in [6.07, 6.45) is 2.00. The fourth-order valence-electron chi connectivity index (χ4n) is 1.91.